The van der Waals surface area contributed by atoms with Crippen molar-refractivity contribution in [3.8, 4) is 0 Å². The van der Waals surface area contributed by atoms with Crippen molar-refractivity contribution in [1.29, 1.82) is 0 Å². The normalized spacial score (nSPS) is 10.7. The van der Waals surface area contributed by atoms with Crippen molar-refractivity contribution in [2.45, 2.75) is 26.4 Å². The van der Waals surface area contributed by atoms with E-state index >= 15 is 0 Å². The third-order valence-corrected chi connectivity index (χ3v) is 1.26. The lowest BCUT2D eigenvalue weighted by atomic mass is 10.4. The molecule has 0 bridgehead atoms. The summed E-state index contributed by atoms with van der Waals surface area (Å²) in [5.41, 5.74) is 0. The molecule has 9 heavy (non-hydrogen) atoms. The SMILES string of the molecule is CC(C)OCCCSF. The first-order valence-electron chi connectivity index (χ1n) is 3.12. The molecule has 0 aromatic heterocycles. The van der Waals surface area contributed by atoms with E-state index in [9.17, 15) is 3.89 Å². The van der Waals surface area contributed by atoms with Crippen LogP contribution in [0.25, 0.3) is 0 Å². The summed E-state index contributed by atoms with van der Waals surface area (Å²) in [7, 11) is 0. The van der Waals surface area contributed by atoms with Gasteiger partial charge in [-0.2, -0.15) is 3.89 Å². The van der Waals surface area contributed by atoms with Gasteiger partial charge >= 0.3 is 0 Å². The molecule has 56 valence electrons. The molecule has 0 fully saturated rings. The lowest BCUT2D eigenvalue weighted by Crippen LogP contribution is -2.03. The van der Waals surface area contributed by atoms with Crippen molar-refractivity contribution in [3.05, 3.63) is 0 Å². The molecule has 0 aromatic carbocycles. The predicted octanol–water partition coefficient (Wildman–Crippen LogP) is 2.42. The summed E-state index contributed by atoms with van der Waals surface area (Å²) in [5.74, 6) is 0.548. The maximum absolute atomic E-state index is 11.4. The summed E-state index contributed by atoms with van der Waals surface area (Å²) in [6.07, 6.45) is 1.08. The summed E-state index contributed by atoms with van der Waals surface area (Å²) in [5, 5.41) is 0. The summed E-state index contributed by atoms with van der Waals surface area (Å²) in [6, 6.07) is 0. The van der Waals surface area contributed by atoms with Gasteiger partial charge in [0, 0.05) is 24.5 Å². The molecule has 0 heterocycles. The Morgan fingerprint density at radius 3 is 2.67 bits per heavy atom. The van der Waals surface area contributed by atoms with Gasteiger partial charge in [0.1, 0.15) is 0 Å². The zero-order valence-electron chi connectivity index (χ0n) is 5.89. The summed E-state index contributed by atoms with van der Waals surface area (Å²) < 4.78 is 16.5. The zero-order valence-corrected chi connectivity index (χ0v) is 6.71. The largest absolute Gasteiger partial charge is 0.379 e. The van der Waals surface area contributed by atoms with Gasteiger partial charge in [-0.3, -0.25) is 0 Å². The molecule has 0 atom stereocenters. The van der Waals surface area contributed by atoms with Crippen molar-refractivity contribution in [1.82, 2.24) is 0 Å². The molecule has 0 spiro atoms. The molecule has 0 aliphatic carbocycles. The minimum Gasteiger partial charge on any atom is -0.379 e. The molecular formula is C6H13FOS. The average molecular weight is 152 g/mol. The Labute approximate surface area is 60.3 Å². The van der Waals surface area contributed by atoms with Gasteiger partial charge in [0.25, 0.3) is 0 Å². The number of hydrogen-bond acceptors (Lipinski definition) is 2. The van der Waals surface area contributed by atoms with Crippen molar-refractivity contribution >= 4 is 12.1 Å². The Hall–Kier alpha value is 0.240. The molecule has 0 aliphatic rings. The van der Waals surface area contributed by atoms with Gasteiger partial charge in [0.15, 0.2) is 0 Å². The van der Waals surface area contributed by atoms with Gasteiger partial charge in [-0.25, -0.2) is 0 Å². The molecule has 0 rings (SSSR count). The standard InChI is InChI=1S/C6H13FOS/c1-6(2)8-4-3-5-9-7/h6H,3-5H2,1-2H3. The van der Waals surface area contributed by atoms with E-state index in [4.69, 9.17) is 4.74 Å². The number of hydrogen-bond donors (Lipinski definition) is 0. The van der Waals surface area contributed by atoms with Crippen LogP contribution in [0.5, 0.6) is 0 Å². The summed E-state index contributed by atoms with van der Waals surface area (Å²) >= 11 is 0.373. The lowest BCUT2D eigenvalue weighted by Gasteiger charge is -2.04. The Balaban J connectivity index is 2.75. The van der Waals surface area contributed by atoms with E-state index in [0.29, 0.717) is 24.5 Å². The quantitative estimate of drug-likeness (QED) is 0.559. The number of ether oxygens (including phenoxy) is 1. The molecule has 0 radical (unpaired) electrons. The van der Waals surface area contributed by atoms with E-state index in [1.165, 1.54) is 0 Å². The maximum atomic E-state index is 11.4. The topological polar surface area (TPSA) is 9.23 Å². The molecule has 0 aliphatic heterocycles. The van der Waals surface area contributed by atoms with Crippen LogP contribution in [0.2, 0.25) is 0 Å². The van der Waals surface area contributed by atoms with E-state index < -0.39 is 0 Å². The van der Waals surface area contributed by atoms with Crippen molar-refractivity contribution < 1.29 is 8.62 Å². The van der Waals surface area contributed by atoms with Crippen LogP contribution in [0.4, 0.5) is 3.89 Å². The van der Waals surface area contributed by atoms with Gasteiger partial charge in [0.05, 0.1) is 6.10 Å². The van der Waals surface area contributed by atoms with Gasteiger partial charge in [0.2, 0.25) is 0 Å². The fourth-order valence-electron chi connectivity index (χ4n) is 0.433. The monoisotopic (exact) mass is 152 g/mol. The van der Waals surface area contributed by atoms with Crippen LogP contribution in [0.3, 0.4) is 0 Å². The molecule has 0 N–H and O–H groups in total. The molecule has 0 aromatic rings. The highest BCUT2D eigenvalue weighted by Crippen LogP contribution is 2.02. The third kappa shape index (κ3) is 8.24. The number of halogens is 1. The zero-order chi connectivity index (χ0) is 7.11. The van der Waals surface area contributed by atoms with Crippen LogP contribution in [0.15, 0.2) is 0 Å². The predicted molar refractivity (Wildman–Crippen MR) is 39.3 cm³/mol. The molecule has 0 saturated heterocycles. The number of rotatable bonds is 5. The molecule has 3 heteroatoms. The fraction of sp³-hybridized carbons (Fsp3) is 1.00. The van der Waals surface area contributed by atoms with Gasteiger partial charge in [-0.05, 0) is 20.3 Å². The van der Waals surface area contributed by atoms with E-state index in [1.54, 1.807) is 0 Å². The Morgan fingerprint density at radius 1 is 1.56 bits per heavy atom. The van der Waals surface area contributed by atoms with Crippen LogP contribution in [-0.4, -0.2) is 18.5 Å². The van der Waals surface area contributed by atoms with Gasteiger partial charge < -0.3 is 4.74 Å². The van der Waals surface area contributed by atoms with Gasteiger partial charge in [-0.1, -0.05) is 0 Å². The Bertz CT molecular complexity index is 59.0. The first-order valence-corrected chi connectivity index (χ1v) is 4.01. The smallest absolute Gasteiger partial charge is 0.0518 e. The van der Waals surface area contributed by atoms with Crippen LogP contribution in [-0.2, 0) is 4.74 Å². The van der Waals surface area contributed by atoms with Crippen LogP contribution in [0.1, 0.15) is 20.3 Å². The maximum Gasteiger partial charge on any atom is 0.0518 e. The molecular weight excluding hydrogens is 139 g/mol. The molecule has 1 nitrogen and oxygen atoms in total. The fourth-order valence-corrected chi connectivity index (χ4v) is 0.659. The van der Waals surface area contributed by atoms with E-state index in [2.05, 4.69) is 0 Å². The van der Waals surface area contributed by atoms with Gasteiger partial charge in [-0.15, -0.1) is 0 Å². The van der Waals surface area contributed by atoms with E-state index in [0.717, 1.165) is 6.42 Å². The summed E-state index contributed by atoms with van der Waals surface area (Å²) in [4.78, 5) is 0. The second-order valence-corrected chi connectivity index (χ2v) is 2.71. The minimum absolute atomic E-state index is 0.273. The van der Waals surface area contributed by atoms with Crippen molar-refractivity contribution in [2.24, 2.45) is 0 Å². The second kappa shape index (κ2) is 6.36. The first-order chi connectivity index (χ1) is 4.27. The van der Waals surface area contributed by atoms with Crippen molar-refractivity contribution in [2.75, 3.05) is 12.4 Å². The summed E-state index contributed by atoms with van der Waals surface area (Å²) in [6.45, 7) is 4.62. The Kier molecular flexibility index (Phi) is 6.53. The second-order valence-electron chi connectivity index (χ2n) is 2.09. The third-order valence-electron chi connectivity index (χ3n) is 0.817. The first kappa shape index (κ1) is 9.24. The highest BCUT2D eigenvalue weighted by atomic mass is 32.2. The minimum atomic E-state index is 0.273. The van der Waals surface area contributed by atoms with Crippen LogP contribution < -0.4 is 0 Å². The Morgan fingerprint density at radius 2 is 2.22 bits per heavy atom. The van der Waals surface area contributed by atoms with Crippen LogP contribution >= 0.6 is 12.1 Å². The van der Waals surface area contributed by atoms with Crippen LogP contribution in [0, 0.1) is 0 Å². The highest BCUT2D eigenvalue weighted by Gasteiger charge is 1.91. The lowest BCUT2D eigenvalue weighted by molar-refractivity contribution is 0.0799. The molecule has 0 amide bonds. The van der Waals surface area contributed by atoms with E-state index in [-0.39, 0.29) is 6.10 Å². The van der Waals surface area contributed by atoms with Crippen molar-refractivity contribution in [3.63, 3.8) is 0 Å². The average Bonchev–Trinajstić information content (AvgIpc) is 1.80. The molecule has 0 saturated carbocycles. The van der Waals surface area contributed by atoms with E-state index in [1.807, 2.05) is 13.8 Å². The highest BCUT2D eigenvalue weighted by molar-refractivity contribution is 7.94. The molecule has 0 unspecified atom stereocenters.